The number of hydrogen-bond acceptors (Lipinski definition) is 3. The van der Waals surface area contributed by atoms with E-state index in [0.29, 0.717) is 16.4 Å². The molecule has 1 aromatic heterocycles. The van der Waals surface area contributed by atoms with Gasteiger partial charge in [-0.1, -0.05) is 11.6 Å². The first kappa shape index (κ1) is 17.1. The highest BCUT2D eigenvalue weighted by molar-refractivity contribution is 6.31. The van der Waals surface area contributed by atoms with Crippen LogP contribution in [0.15, 0.2) is 18.2 Å². The van der Waals surface area contributed by atoms with Crippen LogP contribution in [0.4, 0.5) is 18.9 Å². The van der Waals surface area contributed by atoms with Gasteiger partial charge in [-0.2, -0.15) is 13.9 Å². The van der Waals surface area contributed by atoms with Gasteiger partial charge in [0, 0.05) is 6.07 Å². The summed E-state index contributed by atoms with van der Waals surface area (Å²) in [5.74, 6) is -1.76. The number of carbonyl (C=O) groups is 1. The molecule has 0 fully saturated rings. The molecule has 0 saturated carbocycles. The third-order valence-corrected chi connectivity index (χ3v) is 3.57. The highest BCUT2D eigenvalue weighted by atomic mass is 35.5. The number of anilines is 1. The van der Waals surface area contributed by atoms with E-state index in [1.165, 1.54) is 4.68 Å². The monoisotopic (exact) mass is 347 g/mol. The lowest BCUT2D eigenvalue weighted by Gasteiger charge is -2.12. The van der Waals surface area contributed by atoms with Crippen molar-refractivity contribution in [1.82, 2.24) is 9.78 Å². The van der Waals surface area contributed by atoms with Gasteiger partial charge >= 0.3 is 6.61 Å². The molecule has 0 saturated heterocycles. The van der Waals surface area contributed by atoms with Crippen LogP contribution in [0.5, 0.6) is 5.75 Å². The van der Waals surface area contributed by atoms with Gasteiger partial charge in [-0.15, -0.1) is 0 Å². The summed E-state index contributed by atoms with van der Waals surface area (Å²) in [6, 6.07) is 2.93. The number of nitrogens with zero attached hydrogens (tertiary/aromatic N) is 2. The molecule has 1 aromatic carbocycles. The second-order valence-corrected chi connectivity index (χ2v) is 5.09. The number of amides is 1. The number of carbonyl (C=O) groups excluding carboxylic acids is 1. The first-order valence-electron chi connectivity index (χ1n) is 6.51. The number of halogens is 4. The highest BCUT2D eigenvalue weighted by Gasteiger charge is 2.16. The zero-order valence-corrected chi connectivity index (χ0v) is 13.0. The predicted molar refractivity (Wildman–Crippen MR) is 78.4 cm³/mol. The zero-order valence-electron chi connectivity index (χ0n) is 12.2. The molecule has 124 valence electrons. The van der Waals surface area contributed by atoms with Crippen LogP contribution in [0.3, 0.4) is 0 Å². The Morgan fingerprint density at radius 2 is 2.13 bits per heavy atom. The summed E-state index contributed by atoms with van der Waals surface area (Å²) >= 11 is 5.98. The van der Waals surface area contributed by atoms with E-state index >= 15 is 0 Å². The van der Waals surface area contributed by atoms with Crippen LogP contribution in [-0.2, 0) is 11.3 Å². The lowest BCUT2D eigenvalue weighted by molar-refractivity contribution is -0.117. The number of ether oxygens (including phenoxy) is 1. The fourth-order valence-electron chi connectivity index (χ4n) is 1.95. The molecular weight excluding hydrogens is 335 g/mol. The Kier molecular flexibility index (Phi) is 5.15. The minimum atomic E-state index is -3.14. The average molecular weight is 348 g/mol. The molecule has 23 heavy (non-hydrogen) atoms. The molecule has 2 rings (SSSR count). The summed E-state index contributed by atoms with van der Waals surface area (Å²) in [7, 11) is 0. The van der Waals surface area contributed by atoms with Crippen LogP contribution < -0.4 is 10.1 Å². The molecule has 0 bridgehead atoms. The summed E-state index contributed by atoms with van der Waals surface area (Å²) in [4.78, 5) is 12.0. The van der Waals surface area contributed by atoms with Gasteiger partial charge in [0.05, 0.1) is 22.1 Å². The van der Waals surface area contributed by atoms with Gasteiger partial charge in [0.25, 0.3) is 0 Å². The van der Waals surface area contributed by atoms with E-state index in [2.05, 4.69) is 15.2 Å². The second-order valence-electron chi connectivity index (χ2n) is 4.71. The summed E-state index contributed by atoms with van der Waals surface area (Å²) < 4.78 is 43.3. The standard InChI is InChI=1S/C14H13ClF3N3O2/c1-7-13(15)8(2)21(20-7)6-12(22)19-10-4-3-9(16)5-11(10)23-14(17)18/h3-5,14H,6H2,1-2H3,(H,19,22). The van der Waals surface area contributed by atoms with Crippen LogP contribution in [0, 0.1) is 19.7 Å². The molecule has 5 nitrogen and oxygen atoms in total. The number of benzene rings is 1. The van der Waals surface area contributed by atoms with Crippen molar-refractivity contribution in [2.45, 2.75) is 27.0 Å². The van der Waals surface area contributed by atoms with E-state index in [0.717, 1.165) is 18.2 Å². The molecule has 1 heterocycles. The van der Waals surface area contributed by atoms with Crippen molar-refractivity contribution >= 4 is 23.2 Å². The number of nitrogens with one attached hydrogen (secondary N) is 1. The summed E-state index contributed by atoms with van der Waals surface area (Å²) in [5.41, 5.74) is 1.10. The zero-order chi connectivity index (χ0) is 17.1. The lowest BCUT2D eigenvalue weighted by atomic mass is 10.3. The fourth-order valence-corrected chi connectivity index (χ4v) is 2.08. The molecule has 0 aliphatic carbocycles. The van der Waals surface area contributed by atoms with Gasteiger partial charge in [-0.05, 0) is 26.0 Å². The van der Waals surface area contributed by atoms with E-state index in [1.54, 1.807) is 13.8 Å². The normalized spacial score (nSPS) is 10.9. The van der Waals surface area contributed by atoms with Gasteiger partial charge in [0.2, 0.25) is 5.91 Å². The van der Waals surface area contributed by atoms with Crippen LogP contribution in [-0.4, -0.2) is 22.3 Å². The van der Waals surface area contributed by atoms with Crippen molar-refractivity contribution in [1.29, 1.82) is 0 Å². The third-order valence-electron chi connectivity index (χ3n) is 3.02. The van der Waals surface area contributed by atoms with Crippen molar-refractivity contribution in [3.8, 4) is 5.75 Å². The van der Waals surface area contributed by atoms with Gasteiger partial charge < -0.3 is 10.1 Å². The minimum Gasteiger partial charge on any atom is -0.432 e. The van der Waals surface area contributed by atoms with Crippen molar-refractivity contribution < 1.29 is 22.7 Å². The molecule has 0 aliphatic rings. The van der Waals surface area contributed by atoms with Crippen LogP contribution in [0.1, 0.15) is 11.4 Å². The molecule has 0 unspecified atom stereocenters. The van der Waals surface area contributed by atoms with E-state index in [-0.39, 0.29) is 12.2 Å². The minimum absolute atomic E-state index is 0.0654. The Bertz CT molecular complexity index is 734. The molecule has 0 radical (unpaired) electrons. The quantitative estimate of drug-likeness (QED) is 0.900. The Morgan fingerprint density at radius 3 is 2.70 bits per heavy atom. The molecule has 1 N–H and O–H groups in total. The van der Waals surface area contributed by atoms with Crippen molar-refractivity contribution in [2.75, 3.05) is 5.32 Å². The molecule has 0 aliphatic heterocycles. The number of aromatic nitrogens is 2. The van der Waals surface area contributed by atoms with E-state index < -0.39 is 24.1 Å². The van der Waals surface area contributed by atoms with Gasteiger partial charge in [-0.25, -0.2) is 4.39 Å². The number of aryl methyl sites for hydroxylation is 1. The molecule has 0 spiro atoms. The summed E-state index contributed by atoms with van der Waals surface area (Å²) in [6.45, 7) is 0.0736. The predicted octanol–water partition coefficient (Wildman–Crippen LogP) is 3.53. The van der Waals surface area contributed by atoms with Gasteiger partial charge in [-0.3, -0.25) is 9.48 Å². The largest absolute Gasteiger partial charge is 0.432 e. The second kappa shape index (κ2) is 6.91. The Morgan fingerprint density at radius 1 is 1.43 bits per heavy atom. The van der Waals surface area contributed by atoms with Crippen LogP contribution in [0.2, 0.25) is 5.02 Å². The number of alkyl halides is 2. The maximum atomic E-state index is 13.1. The first-order chi connectivity index (χ1) is 10.8. The van der Waals surface area contributed by atoms with E-state index in [1.807, 2.05) is 0 Å². The molecule has 2 aromatic rings. The summed E-state index contributed by atoms with van der Waals surface area (Å²) in [6.07, 6.45) is 0. The topological polar surface area (TPSA) is 56.2 Å². The average Bonchev–Trinajstić information content (AvgIpc) is 2.69. The maximum Gasteiger partial charge on any atom is 0.387 e. The molecule has 0 atom stereocenters. The Balaban J connectivity index is 2.15. The molecule has 9 heteroatoms. The molecule has 1 amide bonds. The van der Waals surface area contributed by atoms with Crippen LogP contribution in [0.25, 0.3) is 0 Å². The summed E-state index contributed by atoms with van der Waals surface area (Å²) in [5, 5.41) is 6.91. The van der Waals surface area contributed by atoms with Crippen molar-refractivity contribution in [2.24, 2.45) is 0 Å². The maximum absolute atomic E-state index is 13.1. The number of rotatable bonds is 5. The Labute approximate surface area is 135 Å². The fraction of sp³-hybridized carbons (Fsp3) is 0.286. The molecular formula is C14H13ClF3N3O2. The SMILES string of the molecule is Cc1nn(CC(=O)Nc2ccc(F)cc2OC(F)F)c(C)c1Cl. The number of hydrogen-bond donors (Lipinski definition) is 1. The van der Waals surface area contributed by atoms with Crippen LogP contribution >= 0.6 is 11.6 Å². The first-order valence-corrected chi connectivity index (χ1v) is 6.89. The van der Waals surface area contributed by atoms with Gasteiger partial charge in [0.15, 0.2) is 5.75 Å². The Hall–Kier alpha value is -2.22. The van der Waals surface area contributed by atoms with E-state index in [9.17, 15) is 18.0 Å². The lowest BCUT2D eigenvalue weighted by Crippen LogP contribution is -2.21. The highest BCUT2D eigenvalue weighted by Crippen LogP contribution is 2.27. The van der Waals surface area contributed by atoms with Gasteiger partial charge in [0.1, 0.15) is 12.4 Å². The smallest absolute Gasteiger partial charge is 0.387 e. The van der Waals surface area contributed by atoms with Crippen molar-refractivity contribution in [3.63, 3.8) is 0 Å². The van der Waals surface area contributed by atoms with E-state index in [4.69, 9.17) is 11.6 Å². The van der Waals surface area contributed by atoms with Crippen molar-refractivity contribution in [3.05, 3.63) is 40.4 Å². The third kappa shape index (κ3) is 4.16.